The fraction of sp³-hybridized carbons (Fsp3) is 0.737. The van der Waals surface area contributed by atoms with Crippen molar-refractivity contribution in [1.29, 1.82) is 0 Å². The third-order valence-corrected chi connectivity index (χ3v) is 5.12. The van der Waals surface area contributed by atoms with E-state index >= 15 is 0 Å². The van der Waals surface area contributed by atoms with Crippen LogP contribution in [0.15, 0.2) is 6.07 Å². The molecule has 0 radical (unpaired) electrons. The van der Waals surface area contributed by atoms with Gasteiger partial charge in [-0.25, -0.2) is 0 Å². The summed E-state index contributed by atoms with van der Waals surface area (Å²) in [7, 11) is 6.22. The molecule has 0 saturated carbocycles. The van der Waals surface area contributed by atoms with Crippen molar-refractivity contribution in [3.8, 4) is 0 Å². The van der Waals surface area contributed by atoms with Crippen molar-refractivity contribution in [1.82, 2.24) is 34.8 Å². The summed E-state index contributed by atoms with van der Waals surface area (Å²) in [6.45, 7) is 10.5. The van der Waals surface area contributed by atoms with Crippen LogP contribution in [0, 0.1) is 0 Å². The highest BCUT2D eigenvalue weighted by atomic mass is 15.3. The molecule has 1 aliphatic heterocycles. The Bertz CT molecular complexity index is 723. The van der Waals surface area contributed by atoms with Gasteiger partial charge in [0.15, 0.2) is 0 Å². The Kier molecular flexibility index (Phi) is 5.48. The van der Waals surface area contributed by atoms with Gasteiger partial charge in [-0.2, -0.15) is 5.10 Å². The average Bonchev–Trinajstić information content (AvgIpc) is 3.15. The highest BCUT2D eigenvalue weighted by Gasteiger charge is 2.27. The van der Waals surface area contributed by atoms with E-state index in [-0.39, 0.29) is 5.41 Å². The van der Waals surface area contributed by atoms with Gasteiger partial charge in [-0.15, -0.1) is 10.2 Å². The van der Waals surface area contributed by atoms with Crippen molar-refractivity contribution < 1.29 is 0 Å². The molecule has 26 heavy (non-hydrogen) atoms. The number of hydrogen-bond acceptors (Lipinski definition) is 5. The number of aromatic nitrogens is 5. The number of H-pyrrole nitrogens is 1. The molecule has 0 amide bonds. The zero-order valence-corrected chi connectivity index (χ0v) is 17.1. The Morgan fingerprint density at radius 2 is 2.04 bits per heavy atom. The summed E-state index contributed by atoms with van der Waals surface area (Å²) in [6.07, 6.45) is 2.38. The molecule has 0 aliphatic carbocycles. The Morgan fingerprint density at radius 3 is 2.69 bits per heavy atom. The SMILES string of the molecule is CN(C)Cc1nnc(C2CCCN(Cc3cc(C(C)(C)C)n[nH]3)C2)n1C. The van der Waals surface area contributed by atoms with E-state index in [0.29, 0.717) is 5.92 Å². The molecule has 1 fully saturated rings. The molecular weight excluding hydrogens is 326 g/mol. The lowest BCUT2D eigenvalue weighted by Crippen LogP contribution is -2.35. The van der Waals surface area contributed by atoms with Crippen molar-refractivity contribution in [2.75, 3.05) is 27.2 Å². The molecule has 3 heterocycles. The lowest BCUT2D eigenvalue weighted by molar-refractivity contribution is 0.193. The fourth-order valence-electron chi connectivity index (χ4n) is 3.63. The van der Waals surface area contributed by atoms with E-state index < -0.39 is 0 Å². The summed E-state index contributed by atoms with van der Waals surface area (Å²) >= 11 is 0. The molecule has 1 saturated heterocycles. The molecule has 0 bridgehead atoms. The third-order valence-electron chi connectivity index (χ3n) is 5.12. The number of likely N-dealkylation sites (tertiary alicyclic amines) is 1. The first-order chi connectivity index (χ1) is 12.2. The van der Waals surface area contributed by atoms with E-state index in [1.54, 1.807) is 0 Å². The minimum absolute atomic E-state index is 0.0840. The van der Waals surface area contributed by atoms with Crippen LogP contribution in [-0.4, -0.2) is 61.9 Å². The van der Waals surface area contributed by atoms with Crippen LogP contribution in [0.3, 0.4) is 0 Å². The van der Waals surface area contributed by atoms with Crippen molar-refractivity contribution in [3.05, 3.63) is 29.1 Å². The van der Waals surface area contributed by atoms with Crippen molar-refractivity contribution in [3.63, 3.8) is 0 Å². The smallest absolute Gasteiger partial charge is 0.146 e. The molecule has 7 heteroatoms. The van der Waals surface area contributed by atoms with Crippen LogP contribution in [0.2, 0.25) is 0 Å². The number of rotatable bonds is 5. The van der Waals surface area contributed by atoms with Crippen LogP contribution in [0.4, 0.5) is 0 Å². The van der Waals surface area contributed by atoms with Crippen LogP contribution in [0.5, 0.6) is 0 Å². The third kappa shape index (κ3) is 4.32. The zero-order chi connectivity index (χ0) is 18.9. The van der Waals surface area contributed by atoms with E-state index in [0.717, 1.165) is 43.5 Å². The van der Waals surface area contributed by atoms with Crippen LogP contribution < -0.4 is 0 Å². The highest BCUT2D eigenvalue weighted by molar-refractivity contribution is 5.16. The molecule has 7 nitrogen and oxygen atoms in total. The Morgan fingerprint density at radius 1 is 1.27 bits per heavy atom. The van der Waals surface area contributed by atoms with Gasteiger partial charge in [-0.3, -0.25) is 10.00 Å². The number of hydrogen-bond donors (Lipinski definition) is 1. The van der Waals surface area contributed by atoms with Gasteiger partial charge in [0.25, 0.3) is 0 Å². The molecule has 144 valence electrons. The number of nitrogens with zero attached hydrogens (tertiary/aromatic N) is 6. The molecule has 0 spiro atoms. The van der Waals surface area contributed by atoms with E-state index in [4.69, 9.17) is 0 Å². The Balaban J connectivity index is 1.66. The first-order valence-electron chi connectivity index (χ1n) is 9.54. The van der Waals surface area contributed by atoms with Crippen molar-refractivity contribution in [2.24, 2.45) is 7.05 Å². The summed E-state index contributed by atoms with van der Waals surface area (Å²) in [5.74, 6) is 2.60. The van der Waals surface area contributed by atoms with Gasteiger partial charge in [0, 0.05) is 37.2 Å². The largest absolute Gasteiger partial charge is 0.317 e. The second kappa shape index (κ2) is 7.48. The molecule has 1 unspecified atom stereocenters. The quantitative estimate of drug-likeness (QED) is 0.887. The molecule has 1 atom stereocenters. The molecule has 2 aromatic rings. The minimum atomic E-state index is 0.0840. The molecule has 3 rings (SSSR count). The second-order valence-electron chi connectivity index (χ2n) is 8.87. The summed E-state index contributed by atoms with van der Waals surface area (Å²) in [6, 6.07) is 2.21. The number of piperidine rings is 1. The van der Waals surface area contributed by atoms with Crippen LogP contribution in [0.25, 0.3) is 0 Å². The van der Waals surface area contributed by atoms with Gasteiger partial charge in [0.05, 0.1) is 12.2 Å². The molecular formula is C19H33N7. The molecule has 2 aromatic heterocycles. The Hall–Kier alpha value is -1.73. The van der Waals surface area contributed by atoms with Gasteiger partial charge in [-0.1, -0.05) is 20.8 Å². The summed E-state index contributed by atoms with van der Waals surface area (Å²) < 4.78 is 2.18. The maximum atomic E-state index is 4.51. The van der Waals surface area contributed by atoms with Gasteiger partial charge in [-0.05, 0) is 39.5 Å². The summed E-state index contributed by atoms with van der Waals surface area (Å²) in [4.78, 5) is 4.64. The maximum Gasteiger partial charge on any atom is 0.146 e. The standard InChI is InChI=1S/C19H33N7/c1-19(2,3)16-10-15(20-21-16)12-26-9-7-8-14(11-26)18-23-22-17(25(18)6)13-24(4)5/h10,14H,7-9,11-13H2,1-6H3,(H,20,21). The summed E-state index contributed by atoms with van der Waals surface area (Å²) in [5, 5.41) is 16.6. The van der Waals surface area contributed by atoms with Gasteiger partial charge < -0.3 is 9.47 Å². The molecule has 1 aliphatic rings. The Labute approximate surface area is 156 Å². The van der Waals surface area contributed by atoms with E-state index in [1.165, 1.54) is 18.5 Å². The normalized spacial score (nSPS) is 19.4. The van der Waals surface area contributed by atoms with E-state index in [2.05, 4.69) is 82.7 Å². The van der Waals surface area contributed by atoms with Crippen LogP contribution >= 0.6 is 0 Å². The predicted octanol–water partition coefficient (Wildman–Crippen LogP) is 2.28. The predicted molar refractivity (Wildman–Crippen MR) is 103 cm³/mol. The number of nitrogens with one attached hydrogen (secondary N) is 1. The first kappa shape index (κ1) is 19.0. The summed E-state index contributed by atoms with van der Waals surface area (Å²) in [5.41, 5.74) is 2.41. The molecule has 0 aromatic carbocycles. The average molecular weight is 360 g/mol. The fourth-order valence-corrected chi connectivity index (χ4v) is 3.63. The van der Waals surface area contributed by atoms with E-state index in [9.17, 15) is 0 Å². The van der Waals surface area contributed by atoms with E-state index in [1.807, 2.05) is 0 Å². The van der Waals surface area contributed by atoms with Gasteiger partial charge in [0.2, 0.25) is 0 Å². The lowest BCUT2D eigenvalue weighted by Gasteiger charge is -2.31. The van der Waals surface area contributed by atoms with Crippen molar-refractivity contribution >= 4 is 0 Å². The van der Waals surface area contributed by atoms with Gasteiger partial charge >= 0.3 is 0 Å². The van der Waals surface area contributed by atoms with Crippen LogP contribution in [-0.2, 0) is 25.6 Å². The zero-order valence-electron chi connectivity index (χ0n) is 17.1. The monoisotopic (exact) mass is 359 g/mol. The second-order valence-corrected chi connectivity index (χ2v) is 8.87. The lowest BCUT2D eigenvalue weighted by atomic mass is 9.92. The highest BCUT2D eigenvalue weighted by Crippen LogP contribution is 2.27. The number of aromatic amines is 1. The molecule has 1 N–H and O–H groups in total. The minimum Gasteiger partial charge on any atom is -0.317 e. The first-order valence-corrected chi connectivity index (χ1v) is 9.54. The topological polar surface area (TPSA) is 65.9 Å². The maximum absolute atomic E-state index is 4.51. The van der Waals surface area contributed by atoms with Gasteiger partial charge in [0.1, 0.15) is 11.6 Å². The van der Waals surface area contributed by atoms with Crippen molar-refractivity contribution in [2.45, 2.75) is 58.0 Å². The van der Waals surface area contributed by atoms with Crippen LogP contribution in [0.1, 0.15) is 62.6 Å².